The average Bonchev–Trinajstić information content (AvgIpc) is 3.31. The predicted molar refractivity (Wildman–Crippen MR) is 135 cm³/mol. The second kappa shape index (κ2) is 10.8. The van der Waals surface area contributed by atoms with Crippen molar-refractivity contribution in [2.75, 3.05) is 59.0 Å². The largest absolute Gasteiger partial charge is 0.496 e. The van der Waals surface area contributed by atoms with E-state index >= 15 is 0 Å². The van der Waals surface area contributed by atoms with Gasteiger partial charge in [0.05, 0.1) is 36.2 Å². The Labute approximate surface area is 199 Å². The predicted octanol–water partition coefficient (Wildman–Crippen LogP) is 4.29. The minimum Gasteiger partial charge on any atom is -0.496 e. The summed E-state index contributed by atoms with van der Waals surface area (Å²) in [6.07, 6.45) is 0. The van der Waals surface area contributed by atoms with Gasteiger partial charge in [0.2, 0.25) is 0 Å². The maximum atomic E-state index is 13.2. The number of benzene rings is 2. The number of nitrogens with zero attached hydrogens (tertiary/aromatic N) is 2. The van der Waals surface area contributed by atoms with Crippen molar-refractivity contribution in [1.82, 2.24) is 10.2 Å². The summed E-state index contributed by atoms with van der Waals surface area (Å²) in [6.45, 7) is 3.56. The number of anilines is 1. The van der Waals surface area contributed by atoms with Crippen LogP contribution in [-0.4, -0.2) is 64.9 Å². The summed E-state index contributed by atoms with van der Waals surface area (Å²) in [7, 11) is 5.70. The van der Waals surface area contributed by atoms with Gasteiger partial charge in [0.15, 0.2) is 0 Å². The molecule has 1 aliphatic heterocycles. The molecule has 1 aromatic heterocycles. The van der Waals surface area contributed by atoms with E-state index in [0.717, 1.165) is 40.5 Å². The zero-order valence-corrected chi connectivity index (χ0v) is 20.2. The van der Waals surface area contributed by atoms with Crippen LogP contribution in [0.25, 0.3) is 11.1 Å². The number of carbonyl (C=O) groups is 1. The molecule has 1 amide bonds. The van der Waals surface area contributed by atoms with Crippen LogP contribution in [0, 0.1) is 0 Å². The fourth-order valence-electron chi connectivity index (χ4n) is 4.11. The molecule has 0 bridgehead atoms. The van der Waals surface area contributed by atoms with E-state index in [0.29, 0.717) is 24.6 Å². The summed E-state index contributed by atoms with van der Waals surface area (Å²) < 4.78 is 11.1. The molecule has 2 aromatic carbocycles. The fraction of sp³-hybridized carbons (Fsp3) is 0.346. The van der Waals surface area contributed by atoms with Gasteiger partial charge in [-0.3, -0.25) is 4.79 Å². The molecule has 0 saturated carbocycles. The number of likely N-dealkylation sites (N-methyl/N-ethyl adjacent to an activating group) is 1. The molecule has 1 atom stereocenters. The molecular weight excluding hydrogens is 434 g/mol. The zero-order chi connectivity index (χ0) is 23.2. The van der Waals surface area contributed by atoms with E-state index in [9.17, 15) is 4.79 Å². The number of thiophene rings is 1. The van der Waals surface area contributed by atoms with Gasteiger partial charge in [0, 0.05) is 30.8 Å². The molecule has 1 N–H and O–H groups in total. The zero-order valence-electron chi connectivity index (χ0n) is 19.4. The Morgan fingerprint density at radius 1 is 1.12 bits per heavy atom. The van der Waals surface area contributed by atoms with Crippen LogP contribution in [-0.2, 0) is 4.74 Å². The molecule has 174 valence electrons. The lowest BCUT2D eigenvalue weighted by atomic mass is 10.0. The van der Waals surface area contributed by atoms with Gasteiger partial charge < -0.3 is 24.6 Å². The number of morpholine rings is 1. The van der Waals surface area contributed by atoms with Crippen LogP contribution in [0.1, 0.15) is 21.3 Å². The summed E-state index contributed by atoms with van der Waals surface area (Å²) >= 11 is 1.55. The van der Waals surface area contributed by atoms with Crippen LogP contribution in [0.3, 0.4) is 0 Å². The minimum absolute atomic E-state index is 0.00244. The van der Waals surface area contributed by atoms with Crippen molar-refractivity contribution in [1.29, 1.82) is 0 Å². The van der Waals surface area contributed by atoms with Crippen molar-refractivity contribution in [2.45, 2.75) is 6.04 Å². The van der Waals surface area contributed by atoms with Gasteiger partial charge in [-0.05, 0) is 31.8 Å². The Morgan fingerprint density at radius 3 is 2.52 bits per heavy atom. The van der Waals surface area contributed by atoms with Crippen molar-refractivity contribution in [3.8, 4) is 16.9 Å². The van der Waals surface area contributed by atoms with Crippen LogP contribution in [0.2, 0.25) is 0 Å². The summed E-state index contributed by atoms with van der Waals surface area (Å²) in [6, 6.07) is 20.2. The average molecular weight is 466 g/mol. The third-order valence-corrected chi connectivity index (χ3v) is 7.09. The van der Waals surface area contributed by atoms with Crippen LogP contribution in [0.15, 0.2) is 60.7 Å². The molecule has 3 aromatic rings. The highest BCUT2D eigenvalue weighted by molar-refractivity contribution is 7.18. The third-order valence-electron chi connectivity index (χ3n) is 5.90. The lowest BCUT2D eigenvalue weighted by Gasteiger charge is -2.28. The Hall–Kier alpha value is -2.87. The maximum absolute atomic E-state index is 13.2. The van der Waals surface area contributed by atoms with Crippen LogP contribution in [0.4, 0.5) is 5.00 Å². The molecule has 1 unspecified atom stereocenters. The van der Waals surface area contributed by atoms with E-state index in [4.69, 9.17) is 9.47 Å². The van der Waals surface area contributed by atoms with Crippen molar-refractivity contribution < 1.29 is 14.3 Å². The number of para-hydroxylation sites is 1. The number of ether oxygens (including phenoxy) is 2. The molecule has 1 aliphatic rings. The first-order chi connectivity index (χ1) is 16.1. The van der Waals surface area contributed by atoms with Gasteiger partial charge in [-0.25, -0.2) is 0 Å². The fourth-order valence-corrected chi connectivity index (χ4v) is 5.26. The molecule has 1 fully saturated rings. The highest BCUT2D eigenvalue weighted by Gasteiger charge is 2.24. The lowest BCUT2D eigenvalue weighted by Crippen LogP contribution is -2.36. The van der Waals surface area contributed by atoms with E-state index in [1.807, 2.05) is 62.6 Å². The maximum Gasteiger partial charge on any atom is 0.261 e. The van der Waals surface area contributed by atoms with Crippen LogP contribution in [0.5, 0.6) is 5.75 Å². The van der Waals surface area contributed by atoms with Crippen molar-refractivity contribution >= 4 is 22.2 Å². The van der Waals surface area contributed by atoms with E-state index in [1.165, 1.54) is 0 Å². The molecule has 1 saturated heterocycles. The first-order valence-corrected chi connectivity index (χ1v) is 12.0. The lowest BCUT2D eigenvalue weighted by molar-refractivity contribution is 0.0945. The summed E-state index contributed by atoms with van der Waals surface area (Å²) in [5.41, 5.74) is 3.27. The number of amides is 1. The quantitative estimate of drug-likeness (QED) is 0.538. The monoisotopic (exact) mass is 465 g/mol. The summed E-state index contributed by atoms with van der Waals surface area (Å²) in [5, 5.41) is 4.28. The smallest absolute Gasteiger partial charge is 0.261 e. The normalized spacial score (nSPS) is 14.8. The molecule has 7 heteroatoms. The molecular formula is C26H31N3O3S. The number of nitrogens with one attached hydrogen (secondary N) is 1. The second-order valence-electron chi connectivity index (χ2n) is 8.23. The minimum atomic E-state index is -0.0570. The first-order valence-electron chi connectivity index (χ1n) is 11.2. The second-order valence-corrected chi connectivity index (χ2v) is 9.26. The van der Waals surface area contributed by atoms with Crippen molar-refractivity contribution in [3.05, 3.63) is 71.1 Å². The van der Waals surface area contributed by atoms with Crippen LogP contribution >= 0.6 is 11.3 Å². The van der Waals surface area contributed by atoms with Gasteiger partial charge in [-0.2, -0.15) is 0 Å². The molecule has 0 aliphatic carbocycles. The Morgan fingerprint density at radius 2 is 1.82 bits per heavy atom. The number of rotatable bonds is 8. The van der Waals surface area contributed by atoms with Gasteiger partial charge in [-0.15, -0.1) is 11.3 Å². The van der Waals surface area contributed by atoms with E-state index in [-0.39, 0.29) is 11.9 Å². The van der Waals surface area contributed by atoms with Crippen molar-refractivity contribution in [3.63, 3.8) is 0 Å². The topological polar surface area (TPSA) is 54.0 Å². The Balaban J connectivity index is 1.57. The highest BCUT2D eigenvalue weighted by atomic mass is 32.1. The third kappa shape index (κ3) is 5.38. The van der Waals surface area contributed by atoms with Crippen molar-refractivity contribution in [2.24, 2.45) is 0 Å². The van der Waals surface area contributed by atoms with Gasteiger partial charge in [0.25, 0.3) is 5.91 Å². The number of hydrogen-bond acceptors (Lipinski definition) is 6. The van der Waals surface area contributed by atoms with Gasteiger partial charge in [0.1, 0.15) is 5.75 Å². The molecule has 33 heavy (non-hydrogen) atoms. The number of hydrogen-bond donors (Lipinski definition) is 1. The summed E-state index contributed by atoms with van der Waals surface area (Å²) in [5.74, 6) is 0.765. The molecule has 6 nitrogen and oxygen atoms in total. The molecule has 0 radical (unpaired) electrons. The van der Waals surface area contributed by atoms with E-state index in [1.54, 1.807) is 18.4 Å². The highest BCUT2D eigenvalue weighted by Crippen LogP contribution is 2.39. The Kier molecular flexibility index (Phi) is 7.65. The number of carbonyl (C=O) groups excluding carboxylic acids is 1. The Bertz CT molecular complexity index is 1060. The van der Waals surface area contributed by atoms with Gasteiger partial charge >= 0.3 is 0 Å². The van der Waals surface area contributed by atoms with Crippen LogP contribution < -0.4 is 15.0 Å². The summed E-state index contributed by atoms with van der Waals surface area (Å²) in [4.78, 5) is 18.4. The van der Waals surface area contributed by atoms with Gasteiger partial charge in [-0.1, -0.05) is 48.5 Å². The van der Waals surface area contributed by atoms with E-state index < -0.39 is 0 Å². The molecule has 2 heterocycles. The SMILES string of the molecule is COc1ccccc1C(CNC(=O)c1cc(-c2ccccc2)c(N2CCOCC2)s1)N(C)C. The molecule has 4 rings (SSSR count). The van der Waals surface area contributed by atoms with E-state index in [2.05, 4.69) is 27.2 Å². The standard InChI is InChI=1S/C26H31N3O3S/c1-28(2)22(20-11-7-8-12-23(20)31-3)18-27-25(30)24-17-21(19-9-5-4-6-10-19)26(33-24)29-13-15-32-16-14-29/h4-12,17,22H,13-16,18H2,1-3H3,(H,27,30). The first kappa shape index (κ1) is 23.3. The number of methoxy groups -OCH3 is 1. The molecule has 0 spiro atoms.